The van der Waals surface area contributed by atoms with Gasteiger partial charge < -0.3 is 5.11 Å². The highest BCUT2D eigenvalue weighted by Crippen LogP contribution is 2.35. The van der Waals surface area contributed by atoms with Crippen LogP contribution in [0, 0.1) is 5.92 Å². The van der Waals surface area contributed by atoms with E-state index in [2.05, 4.69) is 0 Å². The van der Waals surface area contributed by atoms with Gasteiger partial charge in [-0.1, -0.05) is 19.3 Å². The zero-order valence-corrected chi connectivity index (χ0v) is 5.82. The van der Waals surface area contributed by atoms with Crippen LogP contribution in [0.3, 0.4) is 0 Å². The zero-order valence-electron chi connectivity index (χ0n) is 5.82. The topological polar surface area (TPSA) is 20.2 Å². The molecule has 60 valence electrons. The minimum Gasteiger partial charge on any atom is -0.390 e. The lowest BCUT2D eigenvalue weighted by Gasteiger charge is -2.28. The van der Waals surface area contributed by atoms with Crippen LogP contribution in [0.15, 0.2) is 0 Å². The first-order valence-corrected chi connectivity index (χ1v) is 3.63. The number of halogens is 2. The number of aliphatic hydroxyl groups is 1. The Labute approximate surface area is 59.0 Å². The summed E-state index contributed by atoms with van der Waals surface area (Å²) >= 11 is 0. The van der Waals surface area contributed by atoms with E-state index in [1.54, 1.807) is 0 Å². The van der Waals surface area contributed by atoms with Crippen LogP contribution in [0.25, 0.3) is 0 Å². The lowest BCUT2D eigenvalue weighted by molar-refractivity contribution is -0.0749. The minimum atomic E-state index is -2.83. The molecule has 0 aliphatic heterocycles. The molecule has 3 heteroatoms. The maximum atomic E-state index is 12.4. The van der Waals surface area contributed by atoms with E-state index in [1.165, 1.54) is 0 Å². The molecule has 1 nitrogen and oxygen atoms in total. The van der Waals surface area contributed by atoms with Crippen LogP contribution in [0.5, 0.6) is 0 Å². The average molecular weight is 150 g/mol. The number of rotatable bonds is 3. The van der Waals surface area contributed by atoms with Gasteiger partial charge >= 0.3 is 0 Å². The summed E-state index contributed by atoms with van der Waals surface area (Å²) in [6.45, 7) is -0.997. The molecule has 0 heterocycles. The second-order valence-electron chi connectivity index (χ2n) is 3.02. The van der Waals surface area contributed by atoms with Crippen LogP contribution in [0.1, 0.15) is 25.7 Å². The van der Waals surface area contributed by atoms with Crippen molar-refractivity contribution < 1.29 is 13.9 Å². The Bertz CT molecular complexity index is 110. The highest BCUT2D eigenvalue weighted by atomic mass is 19.3. The second-order valence-corrected chi connectivity index (χ2v) is 3.02. The lowest BCUT2D eigenvalue weighted by atomic mass is 9.81. The SMILES string of the molecule is OCC(F)(F)CC1CCC1. The second kappa shape index (κ2) is 2.82. The molecule has 0 amide bonds. The molecule has 1 saturated carbocycles. The smallest absolute Gasteiger partial charge is 0.270 e. The highest BCUT2D eigenvalue weighted by molar-refractivity contribution is 4.76. The van der Waals surface area contributed by atoms with Crippen molar-refractivity contribution in [1.29, 1.82) is 0 Å². The molecule has 0 spiro atoms. The third kappa shape index (κ3) is 1.90. The Morgan fingerprint density at radius 1 is 1.40 bits per heavy atom. The predicted octanol–water partition coefficient (Wildman–Crippen LogP) is 1.80. The van der Waals surface area contributed by atoms with Gasteiger partial charge in [-0.2, -0.15) is 0 Å². The van der Waals surface area contributed by atoms with Gasteiger partial charge in [0, 0.05) is 6.42 Å². The van der Waals surface area contributed by atoms with Crippen LogP contribution in [0.4, 0.5) is 8.78 Å². The van der Waals surface area contributed by atoms with Crippen molar-refractivity contribution in [2.45, 2.75) is 31.6 Å². The van der Waals surface area contributed by atoms with E-state index >= 15 is 0 Å². The quantitative estimate of drug-likeness (QED) is 0.650. The third-order valence-electron chi connectivity index (χ3n) is 2.04. The molecule has 1 fully saturated rings. The number of aliphatic hydroxyl groups excluding tert-OH is 1. The Kier molecular flexibility index (Phi) is 2.24. The molecule has 1 rings (SSSR count). The Hall–Kier alpha value is -0.180. The van der Waals surface area contributed by atoms with Gasteiger partial charge in [0.05, 0.1) is 0 Å². The average Bonchev–Trinajstić information content (AvgIpc) is 1.80. The summed E-state index contributed by atoms with van der Waals surface area (Å²) in [4.78, 5) is 0. The molecule has 0 aromatic carbocycles. The largest absolute Gasteiger partial charge is 0.390 e. The van der Waals surface area contributed by atoms with Gasteiger partial charge in [-0.3, -0.25) is 0 Å². The summed E-state index contributed by atoms with van der Waals surface area (Å²) < 4.78 is 24.7. The van der Waals surface area contributed by atoms with Crippen LogP contribution in [0.2, 0.25) is 0 Å². The van der Waals surface area contributed by atoms with Gasteiger partial charge in [-0.05, 0) is 5.92 Å². The van der Waals surface area contributed by atoms with E-state index in [0.717, 1.165) is 19.3 Å². The van der Waals surface area contributed by atoms with E-state index in [0.29, 0.717) is 0 Å². The van der Waals surface area contributed by atoms with E-state index in [4.69, 9.17) is 5.11 Å². The van der Waals surface area contributed by atoms with Crippen molar-refractivity contribution in [2.24, 2.45) is 5.92 Å². The van der Waals surface area contributed by atoms with Crippen LogP contribution >= 0.6 is 0 Å². The Balaban J connectivity index is 2.21. The molecule has 0 aromatic rings. The molecule has 0 aromatic heterocycles. The molecule has 0 radical (unpaired) electrons. The van der Waals surface area contributed by atoms with Crippen molar-refractivity contribution in [3.8, 4) is 0 Å². The van der Waals surface area contributed by atoms with E-state index < -0.39 is 12.5 Å². The van der Waals surface area contributed by atoms with Gasteiger partial charge in [0.15, 0.2) is 0 Å². The maximum absolute atomic E-state index is 12.4. The Morgan fingerprint density at radius 3 is 2.30 bits per heavy atom. The van der Waals surface area contributed by atoms with Crippen LogP contribution in [-0.4, -0.2) is 17.6 Å². The number of hydrogen-bond donors (Lipinski definition) is 1. The molecular formula is C7H12F2O. The van der Waals surface area contributed by atoms with Gasteiger partial charge in [-0.25, -0.2) is 8.78 Å². The monoisotopic (exact) mass is 150 g/mol. The summed E-state index contributed by atoms with van der Waals surface area (Å²) in [6, 6.07) is 0. The molecule has 1 N–H and O–H groups in total. The summed E-state index contributed by atoms with van der Waals surface area (Å²) in [5.74, 6) is -2.66. The van der Waals surface area contributed by atoms with Crippen molar-refractivity contribution >= 4 is 0 Å². The molecule has 0 atom stereocenters. The van der Waals surface area contributed by atoms with Gasteiger partial charge in [0.25, 0.3) is 5.92 Å². The zero-order chi connectivity index (χ0) is 7.61. The number of alkyl halides is 2. The molecule has 0 bridgehead atoms. The number of hydrogen-bond acceptors (Lipinski definition) is 1. The van der Waals surface area contributed by atoms with Gasteiger partial charge in [0.1, 0.15) is 6.61 Å². The summed E-state index contributed by atoms with van der Waals surface area (Å²) in [6.07, 6.45) is 2.78. The first-order chi connectivity index (χ1) is 4.64. The van der Waals surface area contributed by atoms with Crippen molar-refractivity contribution in [3.63, 3.8) is 0 Å². The maximum Gasteiger partial charge on any atom is 0.270 e. The summed E-state index contributed by atoms with van der Waals surface area (Å²) in [7, 11) is 0. The predicted molar refractivity (Wildman–Crippen MR) is 34.0 cm³/mol. The molecule has 1 aliphatic carbocycles. The fourth-order valence-electron chi connectivity index (χ4n) is 1.18. The summed E-state index contributed by atoms with van der Waals surface area (Å²) in [5, 5.41) is 8.21. The Morgan fingerprint density at radius 2 is 2.00 bits per heavy atom. The fourth-order valence-corrected chi connectivity index (χ4v) is 1.18. The molecule has 10 heavy (non-hydrogen) atoms. The minimum absolute atomic E-state index is 0.122. The van der Waals surface area contributed by atoms with E-state index in [9.17, 15) is 8.78 Å². The molecule has 0 saturated heterocycles. The van der Waals surface area contributed by atoms with Crippen LogP contribution < -0.4 is 0 Å². The van der Waals surface area contributed by atoms with E-state index in [1.807, 2.05) is 0 Å². The molecular weight excluding hydrogens is 138 g/mol. The lowest BCUT2D eigenvalue weighted by Crippen LogP contribution is -2.28. The highest BCUT2D eigenvalue weighted by Gasteiger charge is 2.33. The van der Waals surface area contributed by atoms with Gasteiger partial charge in [-0.15, -0.1) is 0 Å². The van der Waals surface area contributed by atoms with E-state index in [-0.39, 0.29) is 12.3 Å². The summed E-state index contributed by atoms with van der Waals surface area (Å²) in [5.41, 5.74) is 0. The molecule has 0 unspecified atom stereocenters. The first-order valence-electron chi connectivity index (χ1n) is 3.63. The van der Waals surface area contributed by atoms with Crippen molar-refractivity contribution in [1.82, 2.24) is 0 Å². The van der Waals surface area contributed by atoms with Crippen LogP contribution in [-0.2, 0) is 0 Å². The third-order valence-corrected chi connectivity index (χ3v) is 2.04. The van der Waals surface area contributed by atoms with Crippen molar-refractivity contribution in [2.75, 3.05) is 6.61 Å². The normalized spacial score (nSPS) is 20.7. The van der Waals surface area contributed by atoms with Gasteiger partial charge in [0.2, 0.25) is 0 Å². The standard InChI is InChI=1S/C7H12F2O/c8-7(9,5-10)4-6-2-1-3-6/h6,10H,1-5H2. The fraction of sp³-hybridized carbons (Fsp3) is 1.00. The first kappa shape index (κ1) is 7.92. The van der Waals surface area contributed by atoms with Crippen molar-refractivity contribution in [3.05, 3.63) is 0 Å². The molecule has 1 aliphatic rings.